The van der Waals surface area contributed by atoms with Crippen molar-refractivity contribution < 1.29 is 14.6 Å². The fraction of sp³-hybridized carbons (Fsp3) is 0.222. The number of aliphatic hydroxyl groups is 1. The van der Waals surface area contributed by atoms with Crippen LogP contribution in [0, 0.1) is 0 Å². The van der Waals surface area contributed by atoms with E-state index < -0.39 is 10.5 Å². The summed E-state index contributed by atoms with van der Waals surface area (Å²) in [6.07, 6.45) is 2.46. The third-order valence-electron chi connectivity index (χ3n) is 5.77. The number of hydrogen-bond acceptors (Lipinski definition) is 7. The minimum absolute atomic E-state index is 0.0853. The third kappa shape index (κ3) is 6.39. The van der Waals surface area contributed by atoms with Crippen molar-refractivity contribution in [1.82, 2.24) is 19.9 Å². The van der Waals surface area contributed by atoms with E-state index in [0.717, 1.165) is 21.8 Å². The first-order valence-corrected chi connectivity index (χ1v) is 14.8. The molecule has 1 unspecified atom stereocenters. The number of carbonyl (C=O) groups excluding carboxylic acids is 1. The first kappa shape index (κ1) is 26.3. The molecular formula is C27H26ClN5O3S2. The summed E-state index contributed by atoms with van der Waals surface area (Å²) in [6, 6.07) is 15.6. The number of fused-ring (bicyclic) bond motifs is 1. The van der Waals surface area contributed by atoms with Crippen molar-refractivity contribution in [3.05, 3.63) is 93.1 Å². The van der Waals surface area contributed by atoms with Gasteiger partial charge in [0.25, 0.3) is 0 Å². The van der Waals surface area contributed by atoms with Crippen LogP contribution in [0.15, 0.2) is 75.8 Å². The van der Waals surface area contributed by atoms with E-state index in [2.05, 4.69) is 32.4 Å². The minimum atomic E-state index is -0.422. The lowest BCUT2D eigenvalue weighted by Gasteiger charge is -2.16. The van der Waals surface area contributed by atoms with Crippen molar-refractivity contribution in [3.8, 4) is 5.75 Å². The van der Waals surface area contributed by atoms with Gasteiger partial charge in [-0.2, -0.15) is 0 Å². The number of nitrogens with zero attached hydrogens (tertiary/aromatic N) is 4. The molecule has 3 heterocycles. The molecule has 1 atom stereocenters. The van der Waals surface area contributed by atoms with Gasteiger partial charge in [0.2, 0.25) is 5.91 Å². The molecule has 196 valence electrons. The summed E-state index contributed by atoms with van der Waals surface area (Å²) < 4.78 is 7.92. The second kappa shape index (κ2) is 12.5. The predicted molar refractivity (Wildman–Crippen MR) is 151 cm³/mol. The second-order valence-corrected chi connectivity index (χ2v) is 11.5. The zero-order chi connectivity index (χ0) is 26.3. The summed E-state index contributed by atoms with van der Waals surface area (Å²) in [6.45, 7) is 1.15. The van der Waals surface area contributed by atoms with E-state index in [4.69, 9.17) is 31.4 Å². The average Bonchev–Trinajstić information content (AvgIpc) is 3.60. The Morgan fingerprint density at radius 3 is 2.87 bits per heavy atom. The van der Waals surface area contributed by atoms with Gasteiger partial charge in [-0.1, -0.05) is 47.3 Å². The molecule has 0 aliphatic carbocycles. The van der Waals surface area contributed by atoms with Gasteiger partial charge in [-0.15, -0.1) is 21.8 Å². The molecule has 8 nitrogen and oxygen atoms in total. The number of hydrogen-bond donors (Lipinski definition) is 2. The smallest absolute Gasteiger partial charge is 0.229 e. The molecule has 4 aromatic rings. The molecule has 2 aromatic heterocycles. The van der Waals surface area contributed by atoms with Gasteiger partial charge in [0.05, 0.1) is 45.6 Å². The van der Waals surface area contributed by atoms with Crippen LogP contribution in [0.3, 0.4) is 0 Å². The van der Waals surface area contributed by atoms with Crippen LogP contribution >= 0.6 is 33.4 Å². The van der Waals surface area contributed by atoms with Gasteiger partial charge in [0, 0.05) is 30.5 Å². The Labute approximate surface area is 231 Å². The van der Waals surface area contributed by atoms with Crippen LogP contribution in [0.25, 0.3) is 0 Å². The lowest BCUT2D eigenvalue weighted by molar-refractivity contribution is -0.118. The first-order valence-electron chi connectivity index (χ1n) is 12.0. The molecular weight excluding hydrogens is 542 g/mol. The zero-order valence-corrected chi connectivity index (χ0v) is 22.8. The summed E-state index contributed by atoms with van der Waals surface area (Å²) >= 11 is 8.01. The van der Waals surface area contributed by atoms with Gasteiger partial charge < -0.3 is 19.7 Å². The molecule has 11 heteroatoms. The number of ether oxygens (including phenoxy) is 1. The minimum Gasteiger partial charge on any atom is -0.486 e. The number of carbonyl (C=O) groups is 1. The molecule has 0 saturated carbocycles. The summed E-state index contributed by atoms with van der Waals surface area (Å²) in [4.78, 5) is 26.2. The molecule has 0 bridgehead atoms. The van der Waals surface area contributed by atoms with Crippen molar-refractivity contribution in [2.24, 2.45) is 4.99 Å². The predicted octanol–water partition coefficient (Wildman–Crippen LogP) is 3.95. The number of aliphatic hydroxyl groups excluding tert-OH is 1. The Hall–Kier alpha value is -3.31. The maximum Gasteiger partial charge on any atom is 0.229 e. The van der Waals surface area contributed by atoms with E-state index in [1.54, 1.807) is 24.0 Å². The topological polar surface area (TPSA) is 102 Å². The molecule has 38 heavy (non-hydrogen) atoms. The number of thiazole rings is 1. The molecule has 0 radical (unpaired) electrons. The van der Waals surface area contributed by atoms with Gasteiger partial charge in [0.15, 0.2) is 5.49 Å². The lowest BCUT2D eigenvalue weighted by atomic mass is 10.2. The van der Waals surface area contributed by atoms with E-state index >= 15 is 0 Å². The van der Waals surface area contributed by atoms with E-state index in [9.17, 15) is 4.79 Å². The van der Waals surface area contributed by atoms with E-state index in [0.29, 0.717) is 47.3 Å². The maximum atomic E-state index is 12.5. The molecule has 2 aromatic carbocycles. The normalized spacial score (nSPS) is 14.7. The molecule has 1 aliphatic rings. The number of amides is 1. The largest absolute Gasteiger partial charge is 0.486 e. The lowest BCUT2D eigenvalue weighted by Crippen LogP contribution is -2.28. The molecule has 2 N–H and O–H groups in total. The zero-order valence-electron chi connectivity index (χ0n) is 20.4. The first-order chi connectivity index (χ1) is 18.6. The van der Waals surface area contributed by atoms with Crippen LogP contribution in [0.2, 0.25) is 5.02 Å². The van der Waals surface area contributed by atoms with E-state index in [1.165, 1.54) is 11.3 Å². The molecule has 0 fully saturated rings. The molecule has 0 saturated heterocycles. The van der Waals surface area contributed by atoms with Crippen molar-refractivity contribution in [1.29, 1.82) is 0 Å². The molecule has 5 rings (SSSR count). The molecule has 1 aliphatic heterocycles. The number of aromatic nitrogens is 3. The summed E-state index contributed by atoms with van der Waals surface area (Å²) in [5.41, 5.74) is 6.04. The number of nitrogens with one attached hydrogen (secondary N) is 1. The van der Waals surface area contributed by atoms with Crippen molar-refractivity contribution >= 4 is 50.4 Å². The summed E-state index contributed by atoms with van der Waals surface area (Å²) in [7, 11) is -0.422. The van der Waals surface area contributed by atoms with Crippen LogP contribution in [0.4, 0.5) is 5.69 Å². The van der Waals surface area contributed by atoms with Crippen LogP contribution in [-0.2, 0) is 24.4 Å². The SMILES string of the molecule is O=C(CS1=CCc2c1n(Cc1ccccc1)cnc2=Nc1ccc(OCc2cscn2)c(Cl)c1)NCCO. The Bertz CT molecular complexity index is 1520. The van der Waals surface area contributed by atoms with Crippen LogP contribution in [0.5, 0.6) is 5.75 Å². The Morgan fingerprint density at radius 2 is 2.11 bits per heavy atom. The molecule has 0 spiro atoms. The number of rotatable bonds is 10. The van der Waals surface area contributed by atoms with Gasteiger partial charge in [0.1, 0.15) is 12.4 Å². The van der Waals surface area contributed by atoms with E-state index in [-0.39, 0.29) is 19.1 Å². The highest BCUT2D eigenvalue weighted by Crippen LogP contribution is 2.34. The van der Waals surface area contributed by atoms with Crippen molar-refractivity contribution in [2.75, 3.05) is 18.9 Å². The van der Waals surface area contributed by atoms with Crippen LogP contribution in [-0.4, -0.2) is 49.8 Å². The average molecular weight is 568 g/mol. The van der Waals surface area contributed by atoms with Gasteiger partial charge in [-0.25, -0.2) is 15.0 Å². The second-order valence-electron chi connectivity index (χ2n) is 8.48. The van der Waals surface area contributed by atoms with Gasteiger partial charge in [-0.05, 0) is 23.8 Å². The van der Waals surface area contributed by atoms with Gasteiger partial charge in [-0.3, -0.25) is 4.79 Å². The Kier molecular flexibility index (Phi) is 8.65. The maximum absolute atomic E-state index is 12.5. The highest BCUT2D eigenvalue weighted by molar-refractivity contribution is 8.15. The van der Waals surface area contributed by atoms with Crippen molar-refractivity contribution in [2.45, 2.75) is 24.6 Å². The highest BCUT2D eigenvalue weighted by atomic mass is 35.5. The Morgan fingerprint density at radius 1 is 1.24 bits per heavy atom. The number of halogens is 1. The fourth-order valence-electron chi connectivity index (χ4n) is 4.04. The third-order valence-corrected chi connectivity index (χ3v) is 8.82. The van der Waals surface area contributed by atoms with E-state index in [1.807, 2.05) is 29.6 Å². The van der Waals surface area contributed by atoms with Gasteiger partial charge >= 0.3 is 0 Å². The van der Waals surface area contributed by atoms with Crippen LogP contribution in [0.1, 0.15) is 16.8 Å². The highest BCUT2D eigenvalue weighted by Gasteiger charge is 2.21. The number of benzene rings is 2. The van der Waals surface area contributed by atoms with Crippen molar-refractivity contribution in [3.63, 3.8) is 0 Å². The Balaban J connectivity index is 1.45. The van der Waals surface area contributed by atoms with Crippen LogP contribution < -0.4 is 15.5 Å². The summed E-state index contributed by atoms with van der Waals surface area (Å²) in [5, 5.41) is 17.4. The summed E-state index contributed by atoms with van der Waals surface area (Å²) in [5.74, 6) is 0.796. The quantitative estimate of drug-likeness (QED) is 0.223. The monoisotopic (exact) mass is 567 g/mol. The standard InChI is InChI=1S/C27H26ClN5O3S2/c28-23-12-20(6-7-24(23)36-14-21-15-37-18-31-21)32-26-22-8-11-38(16-25(35)29-9-10-34)27(22)33(17-30-26)13-19-4-2-1-3-5-19/h1-7,11-12,15,17-18,34H,8-10,13-14,16H2,(H,29,35). The fourth-order valence-corrected chi connectivity index (χ4v) is 6.88. The molecule has 1 amide bonds.